The van der Waals surface area contributed by atoms with Gasteiger partial charge in [-0.05, 0) is 51.3 Å². The lowest BCUT2D eigenvalue weighted by atomic mass is 10.1. The molecule has 2 amide bonds. The highest BCUT2D eigenvalue weighted by Crippen LogP contribution is 2.20. The van der Waals surface area contributed by atoms with Crippen LogP contribution < -0.4 is 5.32 Å². The summed E-state index contributed by atoms with van der Waals surface area (Å²) in [5.74, 6) is 0.637. The summed E-state index contributed by atoms with van der Waals surface area (Å²) < 4.78 is 0. The normalized spacial score (nSPS) is 12.8. The summed E-state index contributed by atoms with van der Waals surface area (Å²) in [6.07, 6.45) is 2.01. The summed E-state index contributed by atoms with van der Waals surface area (Å²) in [5.41, 5.74) is 2.39. The lowest BCUT2D eigenvalue weighted by molar-refractivity contribution is -0.139. The van der Waals surface area contributed by atoms with Gasteiger partial charge in [0, 0.05) is 29.7 Å². The zero-order valence-electron chi connectivity index (χ0n) is 18.6. The van der Waals surface area contributed by atoms with Gasteiger partial charge in [0.15, 0.2) is 0 Å². The minimum Gasteiger partial charge on any atom is -0.352 e. The first-order valence-electron chi connectivity index (χ1n) is 10.7. The average molecular weight is 427 g/mol. The van der Waals surface area contributed by atoms with E-state index in [1.54, 1.807) is 16.7 Å². The van der Waals surface area contributed by atoms with Gasteiger partial charge in [0.2, 0.25) is 11.8 Å². The highest BCUT2D eigenvalue weighted by molar-refractivity contribution is 7.99. The number of benzene rings is 2. The number of rotatable bonds is 11. The quantitative estimate of drug-likeness (QED) is 0.523. The highest BCUT2D eigenvalue weighted by Gasteiger charge is 2.26. The molecule has 5 heteroatoms. The number of carbonyl (C=O) groups is 2. The van der Waals surface area contributed by atoms with E-state index in [0.717, 1.165) is 17.7 Å². The molecule has 4 nitrogen and oxygen atoms in total. The van der Waals surface area contributed by atoms with Gasteiger partial charge >= 0.3 is 0 Å². The first-order valence-corrected chi connectivity index (χ1v) is 11.7. The molecule has 0 bridgehead atoms. The molecule has 2 aromatic rings. The van der Waals surface area contributed by atoms with Crippen molar-refractivity contribution in [2.24, 2.45) is 0 Å². The van der Waals surface area contributed by atoms with Crippen molar-refractivity contribution in [1.29, 1.82) is 0 Å². The molecule has 2 rings (SSSR count). The molecule has 0 saturated carbocycles. The van der Waals surface area contributed by atoms with Gasteiger partial charge in [-0.15, -0.1) is 11.8 Å². The maximum atomic E-state index is 13.0. The van der Waals surface area contributed by atoms with Crippen molar-refractivity contribution in [3.05, 3.63) is 65.7 Å². The summed E-state index contributed by atoms with van der Waals surface area (Å²) in [7, 11) is 0. The van der Waals surface area contributed by atoms with Crippen molar-refractivity contribution in [1.82, 2.24) is 10.2 Å². The van der Waals surface area contributed by atoms with E-state index >= 15 is 0 Å². The molecule has 30 heavy (non-hydrogen) atoms. The summed E-state index contributed by atoms with van der Waals surface area (Å²) in [6.45, 7) is 8.45. The van der Waals surface area contributed by atoms with Crippen LogP contribution in [0.4, 0.5) is 0 Å². The number of nitrogens with zero attached hydrogens (tertiary/aromatic N) is 1. The Morgan fingerprint density at radius 2 is 1.70 bits per heavy atom. The van der Waals surface area contributed by atoms with Gasteiger partial charge in [-0.1, -0.05) is 55.0 Å². The summed E-state index contributed by atoms with van der Waals surface area (Å²) in [5, 5.41) is 3.01. The first kappa shape index (κ1) is 24.0. The third-order valence-corrected chi connectivity index (χ3v) is 6.27. The largest absolute Gasteiger partial charge is 0.352 e. The Morgan fingerprint density at radius 3 is 2.33 bits per heavy atom. The van der Waals surface area contributed by atoms with Crippen LogP contribution in [0, 0.1) is 6.92 Å². The molecule has 0 heterocycles. The minimum absolute atomic E-state index is 0.0253. The molecule has 0 aromatic heterocycles. The monoisotopic (exact) mass is 426 g/mol. The van der Waals surface area contributed by atoms with Crippen molar-refractivity contribution in [2.45, 2.75) is 63.9 Å². The Balaban J connectivity index is 1.99. The van der Waals surface area contributed by atoms with Crippen LogP contribution in [0.1, 0.15) is 44.7 Å². The van der Waals surface area contributed by atoms with E-state index in [1.807, 2.05) is 39.0 Å². The van der Waals surface area contributed by atoms with Crippen LogP contribution in [0.25, 0.3) is 0 Å². The molecular weight excluding hydrogens is 392 g/mol. The molecular formula is C25H34N2O2S. The van der Waals surface area contributed by atoms with Crippen LogP contribution >= 0.6 is 11.8 Å². The maximum Gasteiger partial charge on any atom is 0.242 e. The molecule has 2 aromatic carbocycles. The van der Waals surface area contributed by atoms with Crippen LogP contribution in [-0.2, 0) is 16.0 Å². The summed E-state index contributed by atoms with van der Waals surface area (Å²) >= 11 is 1.68. The van der Waals surface area contributed by atoms with Crippen molar-refractivity contribution >= 4 is 23.6 Å². The number of hydrogen-bond donors (Lipinski definition) is 1. The zero-order valence-corrected chi connectivity index (χ0v) is 19.4. The highest BCUT2D eigenvalue weighted by atomic mass is 32.2. The molecule has 2 atom stereocenters. The van der Waals surface area contributed by atoms with E-state index < -0.39 is 6.04 Å². The van der Waals surface area contributed by atoms with Gasteiger partial charge in [-0.2, -0.15) is 0 Å². The Hall–Kier alpha value is -2.27. The van der Waals surface area contributed by atoms with E-state index in [-0.39, 0.29) is 17.9 Å². The molecule has 0 saturated heterocycles. The zero-order chi connectivity index (χ0) is 21.9. The predicted octanol–water partition coefficient (Wildman–Crippen LogP) is 4.85. The second-order valence-electron chi connectivity index (χ2n) is 7.73. The number of carbonyl (C=O) groups excluding carboxylic acids is 2. The molecule has 2 unspecified atom stereocenters. The SMILES string of the molecule is CCC(C)NC(=O)C(C)N(CCc1ccccc1)C(=O)CCSc1ccc(C)cc1. The van der Waals surface area contributed by atoms with Crippen LogP contribution in [0.3, 0.4) is 0 Å². The van der Waals surface area contributed by atoms with Crippen LogP contribution in [0.2, 0.25) is 0 Å². The van der Waals surface area contributed by atoms with E-state index in [1.165, 1.54) is 11.1 Å². The Morgan fingerprint density at radius 1 is 1.03 bits per heavy atom. The van der Waals surface area contributed by atoms with Crippen molar-refractivity contribution < 1.29 is 9.59 Å². The van der Waals surface area contributed by atoms with Crippen LogP contribution in [0.5, 0.6) is 0 Å². The van der Waals surface area contributed by atoms with Crippen LogP contribution in [0.15, 0.2) is 59.5 Å². The van der Waals surface area contributed by atoms with Gasteiger partial charge in [-0.25, -0.2) is 0 Å². The molecule has 0 fully saturated rings. The number of nitrogens with one attached hydrogen (secondary N) is 1. The molecule has 162 valence electrons. The summed E-state index contributed by atoms with van der Waals surface area (Å²) in [6, 6.07) is 18.0. The molecule has 0 spiro atoms. The third kappa shape index (κ3) is 7.86. The van der Waals surface area contributed by atoms with E-state index in [9.17, 15) is 9.59 Å². The summed E-state index contributed by atoms with van der Waals surface area (Å²) in [4.78, 5) is 28.6. The van der Waals surface area contributed by atoms with Crippen molar-refractivity contribution in [3.8, 4) is 0 Å². The minimum atomic E-state index is -0.486. The number of amides is 2. The second-order valence-corrected chi connectivity index (χ2v) is 8.90. The molecule has 1 N–H and O–H groups in total. The van der Waals surface area contributed by atoms with Gasteiger partial charge < -0.3 is 10.2 Å². The predicted molar refractivity (Wildman–Crippen MR) is 126 cm³/mol. The van der Waals surface area contributed by atoms with Gasteiger partial charge in [-0.3, -0.25) is 9.59 Å². The van der Waals surface area contributed by atoms with Crippen LogP contribution in [-0.4, -0.2) is 41.1 Å². The lowest BCUT2D eigenvalue weighted by Gasteiger charge is -2.29. The van der Waals surface area contributed by atoms with Gasteiger partial charge in [0.05, 0.1) is 0 Å². The molecule has 0 aliphatic heterocycles. The molecule has 0 aliphatic rings. The van der Waals surface area contributed by atoms with E-state index in [4.69, 9.17) is 0 Å². The first-order chi connectivity index (χ1) is 14.4. The van der Waals surface area contributed by atoms with Gasteiger partial charge in [0.25, 0.3) is 0 Å². The number of aryl methyl sites for hydroxylation is 1. The molecule has 0 radical (unpaired) electrons. The number of thioether (sulfide) groups is 1. The fourth-order valence-corrected chi connectivity index (χ4v) is 3.91. The van der Waals surface area contributed by atoms with Crippen molar-refractivity contribution in [3.63, 3.8) is 0 Å². The van der Waals surface area contributed by atoms with Gasteiger partial charge in [0.1, 0.15) is 6.04 Å². The Bertz CT molecular complexity index is 793. The standard InChI is InChI=1S/C25H34N2O2S/c1-5-20(3)26-25(29)21(4)27(17-15-22-9-7-6-8-10-22)24(28)16-18-30-23-13-11-19(2)12-14-23/h6-14,20-21H,5,15-18H2,1-4H3,(H,26,29). The fraction of sp³-hybridized carbons (Fsp3) is 0.440. The molecule has 0 aliphatic carbocycles. The third-order valence-electron chi connectivity index (χ3n) is 5.26. The topological polar surface area (TPSA) is 49.4 Å². The Labute approximate surface area is 185 Å². The smallest absolute Gasteiger partial charge is 0.242 e. The van der Waals surface area contributed by atoms with E-state index in [0.29, 0.717) is 18.7 Å². The average Bonchev–Trinajstić information content (AvgIpc) is 2.75. The fourth-order valence-electron chi connectivity index (χ4n) is 3.07. The number of hydrogen-bond acceptors (Lipinski definition) is 3. The van der Waals surface area contributed by atoms with E-state index in [2.05, 4.69) is 48.6 Å². The lowest BCUT2D eigenvalue weighted by Crippen LogP contribution is -2.50. The maximum absolute atomic E-state index is 13.0. The second kappa shape index (κ2) is 12.4. The Kier molecular flexibility index (Phi) is 9.95. The van der Waals surface area contributed by atoms with Crippen molar-refractivity contribution in [2.75, 3.05) is 12.3 Å².